The van der Waals surface area contributed by atoms with Gasteiger partial charge in [-0.1, -0.05) is 124 Å². The van der Waals surface area contributed by atoms with E-state index in [1.54, 1.807) is 11.1 Å². The maximum atomic E-state index is 4.93. The van der Waals surface area contributed by atoms with Crippen LogP contribution in [0.1, 0.15) is 37.8 Å². The Morgan fingerprint density at radius 2 is 1.00 bits per heavy atom. The fourth-order valence-electron chi connectivity index (χ4n) is 9.23. The van der Waals surface area contributed by atoms with Gasteiger partial charge in [-0.2, -0.15) is 0 Å². The van der Waals surface area contributed by atoms with Gasteiger partial charge >= 0.3 is 37.9 Å². The number of allylic oxidation sites excluding steroid dienone is 8. The Kier molecular flexibility index (Phi) is 12.2. The first kappa shape index (κ1) is 33.6. The van der Waals surface area contributed by atoms with Crippen LogP contribution in [0.2, 0.25) is 24.2 Å². The van der Waals surface area contributed by atoms with Gasteiger partial charge in [-0.25, -0.2) is 0 Å². The van der Waals surface area contributed by atoms with Crippen LogP contribution >= 0.6 is 17.0 Å². The Bertz CT molecular complexity index is 1120. The predicted octanol–water partition coefficient (Wildman–Crippen LogP) is 11.6. The van der Waals surface area contributed by atoms with Crippen LogP contribution in [-0.4, -0.2) is 8.07 Å². The van der Waals surface area contributed by atoms with Crippen LogP contribution in [0.15, 0.2) is 97.1 Å². The molecule has 0 heterocycles. The van der Waals surface area contributed by atoms with Gasteiger partial charge in [-0.15, -0.1) is 0 Å². The van der Waals surface area contributed by atoms with Gasteiger partial charge in [0.05, 0.1) is 8.07 Å². The normalized spacial score (nSPS) is 31.6. The van der Waals surface area contributed by atoms with Gasteiger partial charge in [0.2, 0.25) is 0 Å². The molecular formula is C36H46Cl2SiZr. The molecule has 2 aromatic carbocycles. The molecular weight excluding hydrogens is 623 g/mol. The van der Waals surface area contributed by atoms with Crippen LogP contribution in [0.25, 0.3) is 11.1 Å². The van der Waals surface area contributed by atoms with E-state index in [9.17, 15) is 0 Å². The number of halogens is 2. The molecule has 212 valence electrons. The molecule has 2 aromatic rings. The van der Waals surface area contributed by atoms with Crippen molar-refractivity contribution in [3.05, 3.63) is 123 Å². The van der Waals surface area contributed by atoms with Gasteiger partial charge in [0.1, 0.15) is 0 Å². The Hall–Kier alpha value is -0.920. The number of hydrogen-bond donors (Lipinski definition) is 0. The Balaban J connectivity index is 0.000000846. The molecule has 6 rings (SSSR count). The summed E-state index contributed by atoms with van der Waals surface area (Å²) in [4.78, 5) is 0. The monoisotopic (exact) mass is 666 g/mol. The summed E-state index contributed by atoms with van der Waals surface area (Å²) in [6.45, 7) is 10.7. The molecule has 40 heavy (non-hydrogen) atoms. The molecule has 0 N–H and O–H groups in total. The molecule has 0 radical (unpaired) electrons. The summed E-state index contributed by atoms with van der Waals surface area (Å²) in [5.74, 6) is 4.37. The second kappa shape index (κ2) is 14.5. The summed E-state index contributed by atoms with van der Waals surface area (Å²) >= 11 is -0.826. The maximum absolute atomic E-state index is 4.93. The predicted molar refractivity (Wildman–Crippen MR) is 178 cm³/mol. The molecule has 0 nitrogen and oxygen atoms in total. The standard InChI is InChI=1S/C34H40Si.2CH3.2ClH.Zr/c1-23-21-31-27(25-13-7-5-8-14-25)17-11-19-29(31)33(23)35(3,4)34-24(2)22-32-28(18-12-20-30(32)34)26-15-9-6-10-16-26;;;;;/h5-20,23-24,29-34H,21-22H2,1-4H3;2*1H3;2*1H;/q;2*-1;;;+4/p-2. The first-order valence-corrected chi connectivity index (χ1v) is 23.7. The Labute approximate surface area is 264 Å². The number of hydrogen-bond acceptors (Lipinski definition) is 0. The zero-order valence-corrected chi connectivity index (χ0v) is 30.0. The van der Waals surface area contributed by atoms with Crippen molar-refractivity contribution < 1.29 is 20.8 Å². The molecule has 8 atom stereocenters. The molecule has 0 aromatic heterocycles. The molecule has 2 saturated carbocycles. The number of benzene rings is 2. The van der Waals surface area contributed by atoms with Gasteiger partial charge in [-0.3, -0.25) is 0 Å². The van der Waals surface area contributed by atoms with Crippen LogP contribution < -0.4 is 0 Å². The molecule has 4 aliphatic carbocycles. The minimum atomic E-state index is -1.60. The van der Waals surface area contributed by atoms with Gasteiger partial charge in [0.25, 0.3) is 0 Å². The topological polar surface area (TPSA) is 0 Å². The summed E-state index contributed by atoms with van der Waals surface area (Å²) in [5, 5.41) is 0. The van der Waals surface area contributed by atoms with Gasteiger partial charge in [0.15, 0.2) is 0 Å². The third-order valence-electron chi connectivity index (χ3n) is 10.2. The summed E-state index contributed by atoms with van der Waals surface area (Å²) in [7, 11) is 8.27. The molecule has 8 unspecified atom stereocenters. The van der Waals surface area contributed by atoms with Crippen molar-refractivity contribution in [3.8, 4) is 0 Å². The average molecular weight is 669 g/mol. The Morgan fingerprint density at radius 1 is 0.650 bits per heavy atom. The average Bonchev–Trinajstić information content (AvgIpc) is 3.46. The molecule has 2 fully saturated rings. The van der Waals surface area contributed by atoms with Crippen LogP contribution in [-0.2, 0) is 20.8 Å². The van der Waals surface area contributed by atoms with Crippen molar-refractivity contribution in [2.75, 3.05) is 0 Å². The fraction of sp³-hybridized carbons (Fsp3) is 0.389. The van der Waals surface area contributed by atoms with Crippen molar-refractivity contribution in [2.24, 2.45) is 35.5 Å². The van der Waals surface area contributed by atoms with Crippen LogP contribution in [0.4, 0.5) is 0 Å². The van der Waals surface area contributed by atoms with Crippen molar-refractivity contribution in [3.63, 3.8) is 0 Å². The first-order chi connectivity index (χ1) is 18.4. The first-order valence-electron chi connectivity index (χ1n) is 14.2. The van der Waals surface area contributed by atoms with Crippen LogP contribution in [0.3, 0.4) is 0 Å². The molecule has 0 bridgehead atoms. The zero-order valence-electron chi connectivity index (χ0n) is 25.0. The van der Waals surface area contributed by atoms with Gasteiger partial charge in [-0.05, 0) is 81.7 Å². The SMILES string of the molecule is CC1CC2C(c3ccccc3)=CC=CC2C1[Si](C)(C)C1C(C)CC2C(c3ccccc3)=CC=CC21.[CH3-].[CH3-].[Cl][Zr+2][Cl]. The van der Waals surface area contributed by atoms with Gasteiger partial charge < -0.3 is 14.9 Å². The third-order valence-corrected chi connectivity index (χ3v) is 15.5. The molecule has 4 aliphatic rings. The van der Waals surface area contributed by atoms with Crippen molar-refractivity contribution >= 4 is 36.2 Å². The van der Waals surface area contributed by atoms with E-state index in [0.29, 0.717) is 23.7 Å². The summed E-state index contributed by atoms with van der Waals surface area (Å²) in [6, 6.07) is 22.3. The van der Waals surface area contributed by atoms with E-state index in [4.69, 9.17) is 17.0 Å². The Morgan fingerprint density at radius 3 is 1.35 bits per heavy atom. The van der Waals surface area contributed by atoms with E-state index < -0.39 is 28.9 Å². The van der Waals surface area contributed by atoms with E-state index in [1.165, 1.54) is 24.0 Å². The third kappa shape index (κ3) is 6.37. The van der Waals surface area contributed by atoms with E-state index in [0.717, 1.165) is 22.9 Å². The number of fused-ring (bicyclic) bond motifs is 2. The fourth-order valence-corrected chi connectivity index (χ4v) is 15.5. The molecule has 0 aliphatic heterocycles. The van der Waals surface area contributed by atoms with Crippen molar-refractivity contribution in [1.82, 2.24) is 0 Å². The van der Waals surface area contributed by atoms with E-state index in [2.05, 4.69) is 124 Å². The van der Waals surface area contributed by atoms with E-state index >= 15 is 0 Å². The van der Waals surface area contributed by atoms with Crippen molar-refractivity contribution in [1.29, 1.82) is 0 Å². The van der Waals surface area contributed by atoms with E-state index in [-0.39, 0.29) is 14.9 Å². The second-order valence-corrected chi connectivity index (χ2v) is 21.2. The molecule has 4 heteroatoms. The summed E-state index contributed by atoms with van der Waals surface area (Å²) < 4.78 is 0. The van der Waals surface area contributed by atoms with E-state index in [1.807, 2.05) is 0 Å². The summed E-state index contributed by atoms with van der Waals surface area (Å²) in [5.41, 5.74) is 7.73. The quantitative estimate of drug-likeness (QED) is 0.225. The molecule has 0 spiro atoms. The van der Waals surface area contributed by atoms with Crippen LogP contribution in [0.5, 0.6) is 0 Å². The molecule has 0 amide bonds. The number of rotatable bonds is 4. The van der Waals surface area contributed by atoms with Gasteiger partial charge in [0, 0.05) is 0 Å². The minimum absolute atomic E-state index is 0. The molecule has 0 saturated heterocycles. The zero-order chi connectivity index (χ0) is 26.9. The summed E-state index contributed by atoms with van der Waals surface area (Å²) in [6.07, 6.45) is 17.5. The second-order valence-electron chi connectivity index (χ2n) is 12.5. The van der Waals surface area contributed by atoms with Crippen molar-refractivity contribution in [2.45, 2.75) is 50.9 Å². The van der Waals surface area contributed by atoms with Crippen LogP contribution in [0, 0.1) is 50.4 Å².